The summed E-state index contributed by atoms with van der Waals surface area (Å²) in [6, 6.07) is 19.6. The lowest BCUT2D eigenvalue weighted by Gasteiger charge is -2.42. The van der Waals surface area contributed by atoms with Gasteiger partial charge in [0.05, 0.1) is 11.4 Å². The number of aryl methyl sites for hydroxylation is 1. The summed E-state index contributed by atoms with van der Waals surface area (Å²) in [5.41, 5.74) is 9.30. The average molecular weight is 569 g/mol. The second-order valence-electron chi connectivity index (χ2n) is 10.9. The predicted molar refractivity (Wildman–Crippen MR) is 149 cm³/mol. The number of carbonyl (C=O) groups excluding carboxylic acids is 2. The third-order valence-corrected chi connectivity index (χ3v) is 7.81. The second kappa shape index (κ2) is 11.9. The highest BCUT2D eigenvalue weighted by atomic mass is 19.4. The summed E-state index contributed by atoms with van der Waals surface area (Å²) in [5, 5.41) is 2.80. The molecule has 1 heterocycles. The molecule has 0 aromatic heterocycles. The first-order valence-electron chi connectivity index (χ1n) is 13.7. The number of hydrogen-bond donors (Lipinski definition) is 2. The summed E-state index contributed by atoms with van der Waals surface area (Å²) in [7, 11) is 0. The van der Waals surface area contributed by atoms with Crippen molar-refractivity contribution in [2.75, 3.05) is 37.2 Å². The van der Waals surface area contributed by atoms with Crippen LogP contribution in [0.4, 0.5) is 28.9 Å². The normalized spacial score (nSPS) is 18.9. The smallest absolute Gasteiger partial charge is 0.397 e. The summed E-state index contributed by atoms with van der Waals surface area (Å²) in [6.45, 7) is 2.13. The van der Waals surface area contributed by atoms with Gasteiger partial charge in [-0.15, -0.1) is 0 Å². The lowest BCUT2D eigenvalue weighted by molar-refractivity contribution is -0.187. The molecule has 2 fully saturated rings. The Labute approximate surface area is 236 Å². The average Bonchev–Trinajstić information content (AvgIpc) is 3.71. The van der Waals surface area contributed by atoms with Crippen LogP contribution < -0.4 is 11.1 Å². The number of carbonyl (C=O) groups is 2. The molecule has 2 unspecified atom stereocenters. The number of benzene rings is 3. The van der Waals surface area contributed by atoms with Gasteiger partial charge in [0.2, 0.25) is 0 Å². The molecule has 3 N–H and O–H groups in total. The third-order valence-electron chi connectivity index (χ3n) is 7.81. The second-order valence-corrected chi connectivity index (χ2v) is 10.9. The van der Waals surface area contributed by atoms with Gasteiger partial charge in [0.25, 0.3) is 5.91 Å². The van der Waals surface area contributed by atoms with Gasteiger partial charge in [0, 0.05) is 43.1 Å². The number of alkyl halides is 3. The Morgan fingerprint density at radius 1 is 0.976 bits per heavy atom. The van der Waals surface area contributed by atoms with Crippen molar-refractivity contribution in [2.24, 2.45) is 5.92 Å². The summed E-state index contributed by atoms with van der Waals surface area (Å²) < 4.78 is 53.3. The molecule has 0 spiro atoms. The molecule has 6 nitrogen and oxygen atoms in total. The molecule has 1 saturated carbocycles. The van der Waals surface area contributed by atoms with Crippen LogP contribution in [0.3, 0.4) is 0 Å². The van der Waals surface area contributed by atoms with Gasteiger partial charge in [-0.3, -0.25) is 9.59 Å². The third kappa shape index (κ3) is 7.05. The van der Waals surface area contributed by atoms with Crippen LogP contribution in [-0.4, -0.2) is 60.0 Å². The molecule has 1 aliphatic heterocycles. The van der Waals surface area contributed by atoms with Crippen LogP contribution in [0.2, 0.25) is 0 Å². The molecule has 5 rings (SSSR count). The maximum Gasteiger partial charge on any atom is 0.471 e. The molecule has 10 heteroatoms. The zero-order valence-electron chi connectivity index (χ0n) is 22.4. The summed E-state index contributed by atoms with van der Waals surface area (Å²) in [6.07, 6.45) is -2.82. The molecule has 2 aliphatic rings. The molecule has 41 heavy (non-hydrogen) atoms. The molecule has 2 atom stereocenters. The number of rotatable bonds is 10. The van der Waals surface area contributed by atoms with Gasteiger partial charge in [-0.25, -0.2) is 4.39 Å². The number of halogens is 4. The number of hydrogen-bond acceptors (Lipinski definition) is 4. The minimum atomic E-state index is -4.93. The topological polar surface area (TPSA) is 78.7 Å². The largest absolute Gasteiger partial charge is 0.471 e. The summed E-state index contributed by atoms with van der Waals surface area (Å²) in [5.74, 6) is -2.67. The van der Waals surface area contributed by atoms with Gasteiger partial charge in [0.15, 0.2) is 0 Å². The summed E-state index contributed by atoms with van der Waals surface area (Å²) in [4.78, 5) is 27.9. The van der Waals surface area contributed by atoms with Crippen molar-refractivity contribution < 1.29 is 27.2 Å². The maximum absolute atomic E-state index is 13.4. The van der Waals surface area contributed by atoms with Crippen LogP contribution in [0.1, 0.15) is 40.2 Å². The molecule has 0 bridgehead atoms. The van der Waals surface area contributed by atoms with Crippen molar-refractivity contribution in [1.82, 2.24) is 9.80 Å². The minimum absolute atomic E-state index is 0.0211. The van der Waals surface area contributed by atoms with Crippen LogP contribution in [0.25, 0.3) is 0 Å². The number of nitrogens with one attached hydrogen (secondary N) is 1. The van der Waals surface area contributed by atoms with Gasteiger partial charge in [0.1, 0.15) is 5.82 Å². The van der Waals surface area contributed by atoms with Crippen LogP contribution in [0.5, 0.6) is 0 Å². The number of nitrogens with two attached hydrogens (primary N) is 1. The van der Waals surface area contributed by atoms with Gasteiger partial charge < -0.3 is 20.9 Å². The number of nitrogen functional groups attached to an aromatic ring is 1. The zero-order chi connectivity index (χ0) is 29.1. The Hall–Kier alpha value is -3.92. The van der Waals surface area contributed by atoms with E-state index in [-0.39, 0.29) is 24.3 Å². The maximum atomic E-state index is 13.4. The van der Waals surface area contributed by atoms with Crippen LogP contribution in [0.15, 0.2) is 72.8 Å². The first-order chi connectivity index (χ1) is 19.6. The Kier molecular flexibility index (Phi) is 8.30. The molecule has 0 radical (unpaired) electrons. The van der Waals surface area contributed by atoms with E-state index in [1.54, 1.807) is 48.5 Å². The van der Waals surface area contributed by atoms with Crippen LogP contribution in [-0.2, 0) is 11.2 Å². The van der Waals surface area contributed by atoms with E-state index in [1.165, 1.54) is 12.1 Å². The standard InChI is InChI=1S/C31H32F4N4O2/c32-24-13-11-22(12-14-24)25-16-28(25)39(30(41)31(33,34)35)19-21-17-38(18-21)15-3-4-20-7-9-23(10-8-20)29(40)37-27-6-2-1-5-26(27)36/h1-2,5-14,21,25,28H,3-4,15-19,36H2,(H,37,40). The number of amides is 2. The quantitative estimate of drug-likeness (QED) is 0.251. The molecule has 3 aromatic rings. The lowest BCUT2D eigenvalue weighted by atomic mass is 9.98. The van der Waals surface area contributed by atoms with Crippen molar-refractivity contribution in [3.8, 4) is 0 Å². The van der Waals surface area contributed by atoms with E-state index >= 15 is 0 Å². The highest BCUT2D eigenvalue weighted by Crippen LogP contribution is 2.46. The van der Waals surface area contributed by atoms with Crippen molar-refractivity contribution >= 4 is 23.2 Å². The van der Waals surface area contributed by atoms with Gasteiger partial charge in [-0.2, -0.15) is 13.2 Å². The first-order valence-corrected chi connectivity index (χ1v) is 13.7. The van der Waals surface area contributed by atoms with E-state index < -0.39 is 23.9 Å². The monoisotopic (exact) mass is 568 g/mol. The summed E-state index contributed by atoms with van der Waals surface area (Å²) >= 11 is 0. The fourth-order valence-electron chi connectivity index (χ4n) is 5.51. The Balaban J connectivity index is 1.06. The molecule has 1 aliphatic carbocycles. The SMILES string of the molecule is Nc1ccccc1NC(=O)c1ccc(CCCN2CC(CN(C(=O)C(F)(F)F)C3CC3c3ccc(F)cc3)C2)cc1. The Morgan fingerprint density at radius 3 is 2.32 bits per heavy atom. The van der Waals surface area contributed by atoms with Crippen LogP contribution >= 0.6 is 0 Å². The molecule has 216 valence electrons. The van der Waals surface area contributed by atoms with E-state index in [0.29, 0.717) is 36.4 Å². The molecule has 2 amide bonds. The highest BCUT2D eigenvalue weighted by Gasteiger charge is 2.52. The van der Waals surface area contributed by atoms with E-state index in [4.69, 9.17) is 5.73 Å². The van der Waals surface area contributed by atoms with Crippen molar-refractivity contribution in [3.05, 3.63) is 95.3 Å². The van der Waals surface area contributed by atoms with Gasteiger partial charge >= 0.3 is 12.1 Å². The van der Waals surface area contributed by atoms with E-state index in [9.17, 15) is 27.2 Å². The fraction of sp³-hybridized carbons (Fsp3) is 0.355. The minimum Gasteiger partial charge on any atom is -0.397 e. The van der Waals surface area contributed by atoms with Crippen LogP contribution in [0, 0.1) is 11.7 Å². The fourth-order valence-corrected chi connectivity index (χ4v) is 5.51. The van der Waals surface area contributed by atoms with E-state index in [1.807, 2.05) is 12.1 Å². The zero-order valence-corrected chi connectivity index (χ0v) is 22.4. The number of anilines is 2. The van der Waals surface area contributed by atoms with E-state index in [0.717, 1.165) is 35.4 Å². The molecular formula is C31H32F4N4O2. The van der Waals surface area contributed by atoms with E-state index in [2.05, 4.69) is 10.2 Å². The number of likely N-dealkylation sites (tertiary alicyclic amines) is 1. The lowest BCUT2D eigenvalue weighted by Crippen LogP contribution is -2.54. The highest BCUT2D eigenvalue weighted by molar-refractivity contribution is 6.05. The predicted octanol–water partition coefficient (Wildman–Crippen LogP) is 5.47. The molecule has 1 saturated heterocycles. The Morgan fingerprint density at radius 2 is 1.66 bits per heavy atom. The number of nitrogens with zero attached hydrogens (tertiary/aromatic N) is 2. The first kappa shape index (κ1) is 28.6. The molecule has 3 aromatic carbocycles. The van der Waals surface area contributed by atoms with Gasteiger partial charge in [-0.1, -0.05) is 36.4 Å². The van der Waals surface area contributed by atoms with Crippen molar-refractivity contribution in [2.45, 2.75) is 37.4 Å². The van der Waals surface area contributed by atoms with Crippen molar-refractivity contribution in [1.29, 1.82) is 0 Å². The van der Waals surface area contributed by atoms with Crippen molar-refractivity contribution in [3.63, 3.8) is 0 Å². The Bertz CT molecular complexity index is 1370. The molecular weight excluding hydrogens is 536 g/mol. The number of para-hydroxylation sites is 2. The van der Waals surface area contributed by atoms with Gasteiger partial charge in [-0.05, 0) is 73.3 Å².